The third kappa shape index (κ3) is 7.49. The quantitative estimate of drug-likeness (QED) is 0.220. The van der Waals surface area contributed by atoms with Gasteiger partial charge in [-0.3, -0.25) is 14.5 Å². The monoisotopic (exact) mass is 594 g/mol. The second kappa shape index (κ2) is 13.5. The molecular weight excluding hydrogens is 560 g/mol. The molecule has 9 nitrogen and oxygen atoms in total. The zero-order valence-corrected chi connectivity index (χ0v) is 25.0. The van der Waals surface area contributed by atoms with E-state index in [4.69, 9.17) is 21.3 Å². The van der Waals surface area contributed by atoms with E-state index in [2.05, 4.69) is 39.0 Å². The van der Waals surface area contributed by atoms with Crippen molar-refractivity contribution in [1.82, 2.24) is 24.7 Å². The summed E-state index contributed by atoms with van der Waals surface area (Å²) in [6.07, 6.45) is 0. The summed E-state index contributed by atoms with van der Waals surface area (Å²) in [7, 11) is 1.61. The van der Waals surface area contributed by atoms with Gasteiger partial charge in [-0.25, -0.2) is 9.97 Å². The molecule has 2 aliphatic rings. The van der Waals surface area contributed by atoms with Crippen LogP contribution in [-0.2, 0) is 11.3 Å². The van der Waals surface area contributed by atoms with Gasteiger partial charge in [0.1, 0.15) is 16.7 Å². The number of piperazine rings is 2. The van der Waals surface area contributed by atoms with Gasteiger partial charge in [-0.1, -0.05) is 53.7 Å². The summed E-state index contributed by atoms with van der Waals surface area (Å²) in [4.78, 5) is 43.4. The molecule has 5 rings (SSSR count). The molecule has 2 amide bonds. The fourth-order valence-electron chi connectivity index (χ4n) is 5.19. The zero-order valence-electron chi connectivity index (χ0n) is 23.4. The van der Waals surface area contributed by atoms with Crippen molar-refractivity contribution in [3.05, 3.63) is 76.9 Å². The number of methoxy groups -OCH3 is 1. The molecule has 0 N–H and O–H groups in total. The minimum absolute atomic E-state index is 0.00354. The molecule has 1 unspecified atom stereocenters. The number of carbonyl (C=O) groups is 2. The Kier molecular flexibility index (Phi) is 9.64. The molecule has 0 spiro atoms. The average molecular weight is 595 g/mol. The molecule has 2 aromatic carbocycles. The molecule has 3 aromatic rings. The van der Waals surface area contributed by atoms with Crippen molar-refractivity contribution < 1.29 is 14.3 Å². The Morgan fingerprint density at radius 3 is 2.39 bits per heavy atom. The molecule has 2 saturated heterocycles. The van der Waals surface area contributed by atoms with Gasteiger partial charge in [0.2, 0.25) is 5.91 Å². The lowest BCUT2D eigenvalue weighted by atomic mass is 10.1. The molecule has 1 atom stereocenters. The number of carbonyl (C=O) groups excluding carboxylic acids is 2. The van der Waals surface area contributed by atoms with Gasteiger partial charge in [-0.2, -0.15) is 0 Å². The topological polar surface area (TPSA) is 82.1 Å². The second-order valence-electron chi connectivity index (χ2n) is 10.3. The third-order valence-corrected chi connectivity index (χ3v) is 8.53. The number of benzene rings is 2. The number of thioether (sulfide) groups is 1. The molecule has 0 aliphatic carbocycles. The first kappa shape index (κ1) is 29.2. The number of hydrogen-bond acceptors (Lipinski definition) is 8. The molecule has 3 heterocycles. The molecular formula is C30H35ClN6O3S. The van der Waals surface area contributed by atoms with Crippen LogP contribution < -0.4 is 9.64 Å². The standard InChI is InChI=1S/C30H35ClN6O3S/c1-22-19-36(16-17-37(22)29(39)24-8-10-25(40-2)11-9-24)27-18-26(31)32-30(33-27)41-21-28(38)35-14-12-34(13-15-35)20-23-6-4-3-5-7-23/h3-11,18,22H,12-17,19-21H2,1-2H3. The van der Waals surface area contributed by atoms with Crippen LogP contribution in [0.5, 0.6) is 5.75 Å². The highest BCUT2D eigenvalue weighted by molar-refractivity contribution is 7.99. The maximum Gasteiger partial charge on any atom is 0.254 e. The number of amides is 2. The number of anilines is 1. The maximum atomic E-state index is 13.1. The summed E-state index contributed by atoms with van der Waals surface area (Å²) in [6, 6.07) is 19.3. The molecule has 2 aliphatic heterocycles. The number of halogens is 1. The SMILES string of the molecule is COc1ccc(C(=O)N2CCN(c3cc(Cl)nc(SCC(=O)N4CCN(Cc5ccccc5)CC4)n3)CC2C)cc1. The molecule has 0 saturated carbocycles. The minimum Gasteiger partial charge on any atom is -0.497 e. The average Bonchev–Trinajstić information content (AvgIpc) is 3.00. The predicted molar refractivity (Wildman–Crippen MR) is 162 cm³/mol. The lowest BCUT2D eigenvalue weighted by Crippen LogP contribution is -2.54. The van der Waals surface area contributed by atoms with Crippen molar-refractivity contribution in [2.75, 3.05) is 63.6 Å². The van der Waals surface area contributed by atoms with Crippen LogP contribution in [0.25, 0.3) is 0 Å². The molecule has 0 radical (unpaired) electrons. The fraction of sp³-hybridized carbons (Fsp3) is 0.400. The van der Waals surface area contributed by atoms with E-state index < -0.39 is 0 Å². The highest BCUT2D eigenvalue weighted by Gasteiger charge is 2.29. The van der Waals surface area contributed by atoms with E-state index in [1.807, 2.05) is 22.8 Å². The van der Waals surface area contributed by atoms with Gasteiger partial charge < -0.3 is 19.4 Å². The first-order chi connectivity index (χ1) is 19.9. The van der Waals surface area contributed by atoms with Crippen LogP contribution in [0.4, 0.5) is 5.82 Å². The first-order valence-electron chi connectivity index (χ1n) is 13.8. The Balaban J connectivity index is 1.12. The van der Waals surface area contributed by atoms with Crippen molar-refractivity contribution >= 4 is 41.0 Å². The largest absolute Gasteiger partial charge is 0.497 e. The molecule has 216 valence electrons. The van der Waals surface area contributed by atoms with Gasteiger partial charge in [0.25, 0.3) is 5.91 Å². The van der Waals surface area contributed by atoms with Crippen molar-refractivity contribution in [3.8, 4) is 5.75 Å². The van der Waals surface area contributed by atoms with Crippen molar-refractivity contribution in [1.29, 1.82) is 0 Å². The normalized spacial score (nSPS) is 17.9. The zero-order chi connectivity index (χ0) is 28.8. The van der Waals surface area contributed by atoms with Crippen LogP contribution in [0.15, 0.2) is 65.8 Å². The molecule has 1 aromatic heterocycles. The maximum absolute atomic E-state index is 13.1. The third-order valence-electron chi connectivity index (χ3n) is 7.51. The van der Waals surface area contributed by atoms with Crippen LogP contribution in [0.2, 0.25) is 5.15 Å². The van der Waals surface area contributed by atoms with Gasteiger partial charge >= 0.3 is 0 Å². The van der Waals surface area contributed by atoms with Crippen LogP contribution in [0.3, 0.4) is 0 Å². The molecule has 11 heteroatoms. The van der Waals surface area contributed by atoms with Crippen LogP contribution in [0.1, 0.15) is 22.8 Å². The number of hydrogen-bond donors (Lipinski definition) is 0. The van der Waals surface area contributed by atoms with Gasteiger partial charge in [-0.15, -0.1) is 0 Å². The van der Waals surface area contributed by atoms with Crippen LogP contribution in [-0.4, -0.2) is 101 Å². The lowest BCUT2D eigenvalue weighted by molar-refractivity contribution is -0.130. The van der Waals surface area contributed by atoms with Crippen molar-refractivity contribution in [2.45, 2.75) is 24.7 Å². The summed E-state index contributed by atoms with van der Waals surface area (Å²) in [5.41, 5.74) is 1.92. The van der Waals surface area contributed by atoms with E-state index in [-0.39, 0.29) is 23.6 Å². The van der Waals surface area contributed by atoms with E-state index >= 15 is 0 Å². The number of nitrogens with zero attached hydrogens (tertiary/aromatic N) is 6. The van der Waals surface area contributed by atoms with Crippen molar-refractivity contribution in [3.63, 3.8) is 0 Å². The van der Waals surface area contributed by atoms with E-state index in [1.165, 1.54) is 17.3 Å². The van der Waals surface area contributed by atoms with Crippen LogP contribution in [0, 0.1) is 0 Å². The van der Waals surface area contributed by atoms with Crippen LogP contribution >= 0.6 is 23.4 Å². The molecule has 0 bridgehead atoms. The molecule has 41 heavy (non-hydrogen) atoms. The Hall–Kier alpha value is -3.34. The fourth-order valence-corrected chi connectivity index (χ4v) is 6.18. The highest BCUT2D eigenvalue weighted by Crippen LogP contribution is 2.25. The number of aromatic nitrogens is 2. The lowest BCUT2D eigenvalue weighted by Gasteiger charge is -2.40. The van der Waals surface area contributed by atoms with E-state index in [0.29, 0.717) is 54.4 Å². The number of rotatable bonds is 8. The highest BCUT2D eigenvalue weighted by atomic mass is 35.5. The summed E-state index contributed by atoms with van der Waals surface area (Å²) in [6.45, 7) is 7.87. The summed E-state index contributed by atoms with van der Waals surface area (Å²) in [5, 5.41) is 0.817. The van der Waals surface area contributed by atoms with Crippen molar-refractivity contribution in [2.24, 2.45) is 0 Å². The van der Waals surface area contributed by atoms with Gasteiger partial charge in [-0.05, 0) is 36.8 Å². The second-order valence-corrected chi connectivity index (χ2v) is 11.6. The van der Waals surface area contributed by atoms with Gasteiger partial charge in [0.05, 0.1) is 12.9 Å². The summed E-state index contributed by atoms with van der Waals surface area (Å²) in [5.74, 6) is 1.77. The Bertz CT molecular complexity index is 1340. The smallest absolute Gasteiger partial charge is 0.254 e. The minimum atomic E-state index is -0.0228. The Labute approximate surface area is 250 Å². The first-order valence-corrected chi connectivity index (χ1v) is 15.2. The predicted octanol–water partition coefficient (Wildman–Crippen LogP) is 3.93. The van der Waals surface area contributed by atoms with Gasteiger partial charge in [0.15, 0.2) is 5.16 Å². The number of ether oxygens (including phenoxy) is 1. The van der Waals surface area contributed by atoms with Gasteiger partial charge in [0, 0.05) is 70.0 Å². The van der Waals surface area contributed by atoms with E-state index in [0.717, 1.165) is 25.4 Å². The molecule has 2 fully saturated rings. The summed E-state index contributed by atoms with van der Waals surface area (Å²) >= 11 is 7.68. The van der Waals surface area contributed by atoms with E-state index in [1.54, 1.807) is 37.4 Å². The van der Waals surface area contributed by atoms with E-state index in [9.17, 15) is 9.59 Å². The Morgan fingerprint density at radius 1 is 0.976 bits per heavy atom. The Morgan fingerprint density at radius 2 is 1.71 bits per heavy atom. The summed E-state index contributed by atoms with van der Waals surface area (Å²) < 4.78 is 5.20.